The zero-order valence-electron chi connectivity index (χ0n) is 17.1. The third-order valence-corrected chi connectivity index (χ3v) is 4.60. The van der Waals surface area contributed by atoms with Crippen LogP contribution in [0.25, 0.3) is 6.08 Å². The van der Waals surface area contributed by atoms with Crippen LogP contribution in [0.15, 0.2) is 48.2 Å². The molecule has 0 saturated carbocycles. The standard InChI is InChI=1S/C21H19N3O8/c1-12(20(26)27)32-17-8-5-14(10-18(17)31-2)9-16-19(25)23(21(28)22-16)11-13-3-6-15(7-4-13)24(29)30/h3-10,12H,11H2,1-2H3,(H,22,28)(H,26,27)/b16-9+/t12-/m0/s1. The molecule has 1 fully saturated rings. The first-order valence-corrected chi connectivity index (χ1v) is 9.35. The van der Waals surface area contributed by atoms with E-state index >= 15 is 0 Å². The van der Waals surface area contributed by atoms with Gasteiger partial charge in [0.05, 0.1) is 18.6 Å². The van der Waals surface area contributed by atoms with Crippen molar-refractivity contribution < 1.29 is 33.9 Å². The molecule has 0 radical (unpaired) electrons. The van der Waals surface area contributed by atoms with Crippen molar-refractivity contribution in [2.45, 2.75) is 19.6 Å². The fourth-order valence-electron chi connectivity index (χ4n) is 2.90. The second-order valence-electron chi connectivity index (χ2n) is 6.81. The molecular formula is C21H19N3O8. The zero-order chi connectivity index (χ0) is 23.4. The number of carboxylic acids is 1. The number of rotatable bonds is 8. The number of ether oxygens (including phenoxy) is 2. The number of amides is 3. The first-order valence-electron chi connectivity index (χ1n) is 9.35. The number of hydrogen-bond acceptors (Lipinski definition) is 7. The molecule has 3 rings (SSSR count). The van der Waals surface area contributed by atoms with Gasteiger partial charge in [0.15, 0.2) is 17.6 Å². The molecule has 2 aromatic rings. The van der Waals surface area contributed by atoms with E-state index < -0.39 is 28.9 Å². The highest BCUT2D eigenvalue weighted by Crippen LogP contribution is 2.30. The van der Waals surface area contributed by atoms with Gasteiger partial charge in [-0.15, -0.1) is 0 Å². The number of carbonyl (C=O) groups excluding carboxylic acids is 2. The second-order valence-corrected chi connectivity index (χ2v) is 6.81. The number of nitrogens with zero attached hydrogens (tertiary/aromatic N) is 2. The Bertz CT molecular complexity index is 1110. The van der Waals surface area contributed by atoms with Gasteiger partial charge in [0.2, 0.25) is 0 Å². The number of nitrogens with one attached hydrogen (secondary N) is 1. The van der Waals surface area contributed by atoms with Crippen molar-refractivity contribution in [3.63, 3.8) is 0 Å². The van der Waals surface area contributed by atoms with Crippen LogP contribution in [-0.4, -0.2) is 46.1 Å². The van der Waals surface area contributed by atoms with Crippen LogP contribution in [0.1, 0.15) is 18.1 Å². The minimum Gasteiger partial charge on any atom is -0.493 e. The number of benzene rings is 2. The summed E-state index contributed by atoms with van der Waals surface area (Å²) >= 11 is 0. The Morgan fingerprint density at radius 1 is 1.22 bits per heavy atom. The van der Waals surface area contributed by atoms with Crippen molar-refractivity contribution >= 4 is 29.7 Å². The molecule has 11 nitrogen and oxygen atoms in total. The smallest absolute Gasteiger partial charge is 0.344 e. The van der Waals surface area contributed by atoms with Crippen LogP contribution in [0, 0.1) is 10.1 Å². The molecule has 1 heterocycles. The van der Waals surface area contributed by atoms with E-state index in [-0.39, 0.29) is 29.4 Å². The molecule has 2 N–H and O–H groups in total. The van der Waals surface area contributed by atoms with E-state index in [4.69, 9.17) is 14.6 Å². The Morgan fingerprint density at radius 2 is 1.91 bits per heavy atom. The lowest BCUT2D eigenvalue weighted by Crippen LogP contribution is -2.30. The van der Waals surface area contributed by atoms with Crippen LogP contribution in [-0.2, 0) is 16.1 Å². The third-order valence-electron chi connectivity index (χ3n) is 4.60. The maximum atomic E-state index is 12.7. The van der Waals surface area contributed by atoms with E-state index in [0.29, 0.717) is 11.1 Å². The molecule has 3 amide bonds. The van der Waals surface area contributed by atoms with E-state index in [9.17, 15) is 24.5 Å². The summed E-state index contributed by atoms with van der Waals surface area (Å²) in [6.07, 6.45) is 0.361. The monoisotopic (exact) mass is 441 g/mol. The van der Waals surface area contributed by atoms with Gasteiger partial charge in [0.1, 0.15) is 5.70 Å². The number of aliphatic carboxylic acids is 1. The van der Waals surface area contributed by atoms with E-state index in [0.717, 1.165) is 4.90 Å². The van der Waals surface area contributed by atoms with Gasteiger partial charge in [-0.25, -0.2) is 9.59 Å². The van der Waals surface area contributed by atoms with Gasteiger partial charge >= 0.3 is 12.0 Å². The molecule has 1 aliphatic rings. The highest BCUT2D eigenvalue weighted by molar-refractivity contribution is 6.13. The van der Waals surface area contributed by atoms with E-state index in [1.54, 1.807) is 6.07 Å². The Hall–Kier alpha value is -4.41. The minimum absolute atomic E-state index is 0.0338. The normalized spacial score (nSPS) is 15.4. The molecule has 1 atom stereocenters. The summed E-state index contributed by atoms with van der Waals surface area (Å²) in [6, 6.07) is 9.54. The summed E-state index contributed by atoms with van der Waals surface area (Å²) in [5.74, 6) is -1.23. The predicted molar refractivity (Wildman–Crippen MR) is 111 cm³/mol. The molecule has 1 saturated heterocycles. The zero-order valence-corrected chi connectivity index (χ0v) is 17.1. The van der Waals surface area contributed by atoms with Crippen molar-refractivity contribution in [3.05, 3.63) is 69.4 Å². The lowest BCUT2D eigenvalue weighted by Gasteiger charge is -2.14. The van der Waals surface area contributed by atoms with E-state index in [2.05, 4.69) is 5.32 Å². The van der Waals surface area contributed by atoms with Crippen molar-refractivity contribution in [2.75, 3.05) is 7.11 Å². The Labute approximate surface area is 182 Å². The predicted octanol–water partition coefficient (Wildman–Crippen LogP) is 2.55. The number of carboxylic acid groups (broad SMARTS) is 1. The molecule has 0 aliphatic carbocycles. The second kappa shape index (κ2) is 9.16. The summed E-state index contributed by atoms with van der Waals surface area (Å²) in [6.45, 7) is 1.33. The number of carbonyl (C=O) groups is 3. The Balaban J connectivity index is 1.77. The Morgan fingerprint density at radius 3 is 2.50 bits per heavy atom. The SMILES string of the molecule is COc1cc(/C=C2/NC(=O)N(Cc3ccc([N+](=O)[O-])cc3)C2=O)ccc1O[C@@H](C)C(=O)O. The summed E-state index contributed by atoms with van der Waals surface area (Å²) in [5.41, 5.74) is 1.01. The van der Waals surface area contributed by atoms with E-state index in [1.165, 1.54) is 56.5 Å². The van der Waals surface area contributed by atoms with Crippen LogP contribution in [0.3, 0.4) is 0 Å². The molecule has 0 aromatic heterocycles. The highest BCUT2D eigenvalue weighted by Gasteiger charge is 2.33. The van der Waals surface area contributed by atoms with E-state index in [1.807, 2.05) is 0 Å². The van der Waals surface area contributed by atoms with Gasteiger partial charge in [-0.05, 0) is 36.3 Å². The lowest BCUT2D eigenvalue weighted by molar-refractivity contribution is -0.384. The topological polar surface area (TPSA) is 148 Å². The quantitative estimate of drug-likeness (QED) is 0.275. The first-order chi connectivity index (χ1) is 15.2. The maximum Gasteiger partial charge on any atom is 0.344 e. The van der Waals surface area contributed by atoms with Crippen LogP contribution >= 0.6 is 0 Å². The molecule has 1 aliphatic heterocycles. The fraction of sp³-hybridized carbons (Fsp3) is 0.190. The third kappa shape index (κ3) is 4.83. The number of nitro benzene ring substituents is 1. The Kier molecular flexibility index (Phi) is 6.38. The van der Waals surface area contributed by atoms with Crippen molar-refractivity contribution in [2.24, 2.45) is 0 Å². The summed E-state index contributed by atoms with van der Waals surface area (Å²) < 4.78 is 10.6. The maximum absolute atomic E-state index is 12.7. The largest absolute Gasteiger partial charge is 0.493 e. The van der Waals surface area contributed by atoms with Crippen molar-refractivity contribution in [1.82, 2.24) is 10.2 Å². The van der Waals surface area contributed by atoms with Gasteiger partial charge in [-0.1, -0.05) is 18.2 Å². The van der Waals surface area contributed by atoms with Crippen LogP contribution in [0.4, 0.5) is 10.5 Å². The van der Waals surface area contributed by atoms with Crippen LogP contribution < -0.4 is 14.8 Å². The van der Waals surface area contributed by atoms with Gasteiger partial charge < -0.3 is 19.9 Å². The van der Waals surface area contributed by atoms with Gasteiger partial charge in [0, 0.05) is 12.1 Å². The molecule has 0 spiro atoms. The highest BCUT2D eigenvalue weighted by atomic mass is 16.6. The van der Waals surface area contributed by atoms with Crippen molar-refractivity contribution in [1.29, 1.82) is 0 Å². The first kappa shape index (κ1) is 22.3. The number of non-ortho nitro benzene ring substituents is 1. The molecule has 0 bridgehead atoms. The van der Waals surface area contributed by atoms with Crippen LogP contribution in [0.2, 0.25) is 0 Å². The summed E-state index contributed by atoms with van der Waals surface area (Å²) in [7, 11) is 1.39. The van der Waals surface area contributed by atoms with Gasteiger partial charge in [0.25, 0.3) is 11.6 Å². The van der Waals surface area contributed by atoms with Crippen LogP contribution in [0.5, 0.6) is 11.5 Å². The molecule has 0 unspecified atom stereocenters. The summed E-state index contributed by atoms with van der Waals surface area (Å²) in [5, 5.41) is 22.2. The number of nitro groups is 1. The molecule has 2 aromatic carbocycles. The molecule has 166 valence electrons. The average Bonchev–Trinajstić information content (AvgIpc) is 3.02. The fourth-order valence-corrected chi connectivity index (χ4v) is 2.90. The van der Waals surface area contributed by atoms with Gasteiger partial charge in [-0.2, -0.15) is 0 Å². The molecule has 32 heavy (non-hydrogen) atoms. The van der Waals surface area contributed by atoms with Gasteiger partial charge in [-0.3, -0.25) is 19.8 Å². The number of hydrogen-bond donors (Lipinski definition) is 2. The lowest BCUT2D eigenvalue weighted by atomic mass is 10.1. The summed E-state index contributed by atoms with van der Waals surface area (Å²) in [4.78, 5) is 47.1. The minimum atomic E-state index is -1.13. The number of urea groups is 1. The average molecular weight is 441 g/mol. The molecule has 11 heteroatoms. The van der Waals surface area contributed by atoms with Crippen molar-refractivity contribution in [3.8, 4) is 11.5 Å². The number of imide groups is 1. The molecular weight excluding hydrogens is 422 g/mol. The number of methoxy groups -OCH3 is 1.